The van der Waals surface area contributed by atoms with Gasteiger partial charge in [0.25, 0.3) is 5.91 Å². The van der Waals surface area contributed by atoms with Crippen molar-refractivity contribution in [2.45, 2.75) is 19.4 Å². The minimum atomic E-state index is -0.937. The first-order valence-corrected chi connectivity index (χ1v) is 8.43. The first-order chi connectivity index (χ1) is 12.6. The first-order valence-electron chi connectivity index (χ1n) is 8.05. The molecule has 0 saturated heterocycles. The van der Waals surface area contributed by atoms with E-state index in [-0.39, 0.29) is 5.56 Å². The second kappa shape index (κ2) is 7.93. The molecule has 0 aliphatic heterocycles. The molecule has 1 amide bonds. The van der Waals surface area contributed by atoms with Gasteiger partial charge >= 0.3 is 5.97 Å². The van der Waals surface area contributed by atoms with Gasteiger partial charge < -0.3 is 10.1 Å². The van der Waals surface area contributed by atoms with Crippen LogP contribution in [-0.4, -0.2) is 27.9 Å². The first kappa shape index (κ1) is 17.8. The molecule has 6 nitrogen and oxygen atoms in total. The molecule has 1 unspecified atom stereocenters. The van der Waals surface area contributed by atoms with Gasteiger partial charge in [-0.05, 0) is 36.8 Å². The summed E-state index contributed by atoms with van der Waals surface area (Å²) in [6.07, 6.45) is 2.44. The second-order valence-electron chi connectivity index (χ2n) is 5.53. The zero-order valence-electron chi connectivity index (χ0n) is 14.0. The van der Waals surface area contributed by atoms with Crippen molar-refractivity contribution < 1.29 is 14.3 Å². The number of esters is 1. The summed E-state index contributed by atoms with van der Waals surface area (Å²) in [6, 6.07) is 11.8. The van der Waals surface area contributed by atoms with E-state index < -0.39 is 18.0 Å². The molecule has 0 fully saturated rings. The monoisotopic (exact) mass is 369 g/mol. The minimum Gasteiger partial charge on any atom is -0.449 e. The summed E-state index contributed by atoms with van der Waals surface area (Å²) in [4.78, 5) is 33.3. The molecular weight excluding hydrogens is 354 g/mol. The molecule has 1 N–H and O–H groups in total. The largest absolute Gasteiger partial charge is 0.449 e. The topological polar surface area (TPSA) is 81.2 Å². The van der Waals surface area contributed by atoms with Gasteiger partial charge in [0.05, 0.1) is 11.1 Å². The summed E-state index contributed by atoms with van der Waals surface area (Å²) in [5, 5.41) is 3.20. The van der Waals surface area contributed by atoms with Crippen LogP contribution in [0, 0.1) is 0 Å². The maximum absolute atomic E-state index is 12.5. The molecule has 3 rings (SSSR count). The highest BCUT2D eigenvalue weighted by Crippen LogP contribution is 2.18. The zero-order chi connectivity index (χ0) is 18.5. The van der Waals surface area contributed by atoms with E-state index in [2.05, 4.69) is 15.3 Å². The molecule has 1 heterocycles. The zero-order valence-corrected chi connectivity index (χ0v) is 14.7. The van der Waals surface area contributed by atoms with Gasteiger partial charge in [-0.1, -0.05) is 30.7 Å². The van der Waals surface area contributed by atoms with Crippen molar-refractivity contribution in [3.8, 4) is 0 Å². The van der Waals surface area contributed by atoms with Gasteiger partial charge in [-0.3, -0.25) is 14.8 Å². The average molecular weight is 370 g/mol. The summed E-state index contributed by atoms with van der Waals surface area (Å²) < 4.78 is 5.41. The third-order valence-corrected chi connectivity index (χ3v) is 3.96. The van der Waals surface area contributed by atoms with Crippen LogP contribution in [0.25, 0.3) is 11.0 Å². The number of amides is 1. The molecule has 2 aromatic carbocycles. The Balaban J connectivity index is 1.76. The fraction of sp³-hybridized carbons (Fsp3) is 0.158. The molecule has 0 aliphatic rings. The number of hydrogen-bond donors (Lipinski definition) is 1. The number of benzene rings is 2. The van der Waals surface area contributed by atoms with Crippen molar-refractivity contribution in [1.82, 2.24) is 9.97 Å². The Morgan fingerprint density at radius 3 is 2.69 bits per heavy atom. The van der Waals surface area contributed by atoms with Crippen LogP contribution in [-0.2, 0) is 9.53 Å². The van der Waals surface area contributed by atoms with Gasteiger partial charge in [0.15, 0.2) is 6.10 Å². The summed E-state index contributed by atoms with van der Waals surface area (Å²) >= 11 is 5.91. The van der Waals surface area contributed by atoms with Crippen molar-refractivity contribution in [3.63, 3.8) is 0 Å². The third kappa shape index (κ3) is 3.97. The Bertz CT molecular complexity index is 956. The van der Waals surface area contributed by atoms with E-state index in [9.17, 15) is 9.59 Å². The lowest BCUT2D eigenvalue weighted by molar-refractivity contribution is -0.124. The van der Waals surface area contributed by atoms with Crippen LogP contribution in [0.15, 0.2) is 54.9 Å². The Kier molecular flexibility index (Phi) is 5.43. The number of aromatic nitrogens is 2. The van der Waals surface area contributed by atoms with Crippen molar-refractivity contribution >= 4 is 40.2 Å². The van der Waals surface area contributed by atoms with Crippen LogP contribution in [0.2, 0.25) is 5.02 Å². The summed E-state index contributed by atoms with van der Waals surface area (Å²) in [7, 11) is 0. The van der Waals surface area contributed by atoms with Crippen molar-refractivity contribution in [2.75, 3.05) is 5.32 Å². The van der Waals surface area contributed by atoms with Gasteiger partial charge in [-0.2, -0.15) is 0 Å². The maximum atomic E-state index is 12.5. The fourth-order valence-electron chi connectivity index (χ4n) is 2.46. The molecule has 0 radical (unpaired) electrons. The lowest BCUT2D eigenvalue weighted by atomic mass is 10.1. The van der Waals surface area contributed by atoms with E-state index in [1.165, 1.54) is 6.20 Å². The SMILES string of the molecule is CCC(OC(=O)c1cccc2nccnc12)C(=O)Nc1cccc(Cl)c1. The van der Waals surface area contributed by atoms with Crippen molar-refractivity contribution in [1.29, 1.82) is 0 Å². The van der Waals surface area contributed by atoms with Crippen LogP contribution in [0.1, 0.15) is 23.7 Å². The van der Waals surface area contributed by atoms with Gasteiger partial charge in [0, 0.05) is 23.1 Å². The predicted octanol–water partition coefficient (Wildman–Crippen LogP) is 3.86. The van der Waals surface area contributed by atoms with E-state index in [0.29, 0.717) is 28.2 Å². The molecule has 0 bridgehead atoms. The number of rotatable bonds is 5. The number of hydrogen-bond acceptors (Lipinski definition) is 5. The quantitative estimate of drug-likeness (QED) is 0.691. The number of nitrogens with zero attached hydrogens (tertiary/aromatic N) is 2. The van der Waals surface area contributed by atoms with Crippen LogP contribution in [0.5, 0.6) is 0 Å². The van der Waals surface area contributed by atoms with Gasteiger partial charge in [-0.15, -0.1) is 0 Å². The summed E-state index contributed by atoms with van der Waals surface area (Å²) in [5.74, 6) is -1.04. The second-order valence-corrected chi connectivity index (χ2v) is 5.97. The van der Waals surface area contributed by atoms with E-state index in [1.807, 2.05) is 0 Å². The normalized spacial score (nSPS) is 11.8. The summed E-state index contributed by atoms with van der Waals surface area (Å²) in [5.41, 5.74) is 1.82. The number of nitrogens with one attached hydrogen (secondary N) is 1. The summed E-state index contributed by atoms with van der Waals surface area (Å²) in [6.45, 7) is 1.76. The number of carbonyl (C=O) groups excluding carboxylic acids is 2. The third-order valence-electron chi connectivity index (χ3n) is 3.72. The fourth-order valence-corrected chi connectivity index (χ4v) is 2.65. The lowest BCUT2D eigenvalue weighted by Gasteiger charge is -2.16. The van der Waals surface area contributed by atoms with E-state index >= 15 is 0 Å². The molecule has 1 atom stereocenters. The number of para-hydroxylation sites is 1. The van der Waals surface area contributed by atoms with E-state index in [4.69, 9.17) is 16.3 Å². The molecule has 0 saturated carbocycles. The number of fused-ring (bicyclic) bond motifs is 1. The highest BCUT2D eigenvalue weighted by atomic mass is 35.5. The smallest absolute Gasteiger partial charge is 0.341 e. The van der Waals surface area contributed by atoms with Crippen LogP contribution < -0.4 is 5.32 Å². The predicted molar refractivity (Wildman–Crippen MR) is 99.1 cm³/mol. The molecule has 132 valence electrons. The van der Waals surface area contributed by atoms with Crippen molar-refractivity contribution in [2.24, 2.45) is 0 Å². The maximum Gasteiger partial charge on any atom is 0.341 e. The Labute approximate surface area is 155 Å². The molecule has 0 aliphatic carbocycles. The van der Waals surface area contributed by atoms with Crippen molar-refractivity contribution in [3.05, 3.63) is 65.4 Å². The number of carbonyl (C=O) groups is 2. The highest BCUT2D eigenvalue weighted by Gasteiger charge is 2.23. The van der Waals surface area contributed by atoms with Gasteiger partial charge in [0.1, 0.15) is 5.52 Å². The molecular formula is C19H16ClN3O3. The number of anilines is 1. The molecule has 26 heavy (non-hydrogen) atoms. The van der Waals surface area contributed by atoms with Gasteiger partial charge in [-0.25, -0.2) is 4.79 Å². The van der Waals surface area contributed by atoms with Gasteiger partial charge in [0.2, 0.25) is 0 Å². The minimum absolute atomic E-state index is 0.268. The number of halogens is 1. The van der Waals surface area contributed by atoms with Crippen LogP contribution in [0.3, 0.4) is 0 Å². The highest BCUT2D eigenvalue weighted by molar-refractivity contribution is 6.30. The molecule has 7 heteroatoms. The standard InChI is InChI=1S/C19H16ClN3O3/c1-2-16(18(24)23-13-6-3-5-12(20)11-13)26-19(25)14-7-4-8-15-17(14)22-10-9-21-15/h3-11,16H,2H2,1H3,(H,23,24). The van der Waals surface area contributed by atoms with E-state index in [1.54, 1.807) is 55.6 Å². The average Bonchev–Trinajstić information content (AvgIpc) is 2.65. The van der Waals surface area contributed by atoms with E-state index in [0.717, 1.165) is 0 Å². The molecule has 0 spiro atoms. The molecule has 3 aromatic rings. The van der Waals surface area contributed by atoms with Crippen LogP contribution >= 0.6 is 11.6 Å². The Hall–Kier alpha value is -2.99. The molecule has 1 aromatic heterocycles. The Morgan fingerprint density at radius 2 is 1.92 bits per heavy atom. The lowest BCUT2D eigenvalue weighted by Crippen LogP contribution is -2.32. The van der Waals surface area contributed by atoms with Crippen LogP contribution in [0.4, 0.5) is 5.69 Å². The Morgan fingerprint density at radius 1 is 1.15 bits per heavy atom. The number of ether oxygens (including phenoxy) is 1.